The van der Waals surface area contributed by atoms with Crippen molar-refractivity contribution in [3.05, 3.63) is 18.2 Å². The van der Waals surface area contributed by atoms with Gasteiger partial charge in [0.2, 0.25) is 0 Å². The molecule has 0 atom stereocenters. The van der Waals surface area contributed by atoms with Crippen LogP contribution in [0.4, 0.5) is 5.69 Å². The van der Waals surface area contributed by atoms with Crippen LogP contribution in [0.25, 0.3) is 0 Å². The summed E-state index contributed by atoms with van der Waals surface area (Å²) >= 11 is 0. The normalized spacial score (nSPS) is 15.9. The summed E-state index contributed by atoms with van der Waals surface area (Å²) in [7, 11) is 0. The van der Waals surface area contributed by atoms with Gasteiger partial charge in [-0.1, -0.05) is 13.3 Å². The predicted octanol–water partition coefficient (Wildman–Crippen LogP) is 4.41. The van der Waals surface area contributed by atoms with E-state index >= 15 is 0 Å². The van der Waals surface area contributed by atoms with E-state index in [1.165, 1.54) is 19.3 Å². The second kappa shape index (κ2) is 9.96. The molecule has 1 aromatic rings. The Kier molecular flexibility index (Phi) is 8.66. The molecule has 1 saturated carbocycles. The maximum atomic E-state index is 6.08. The minimum absolute atomic E-state index is 0. The van der Waals surface area contributed by atoms with Crippen molar-refractivity contribution in [3.63, 3.8) is 0 Å². The molecule has 3 N–H and O–H groups in total. The molecule has 136 valence electrons. The fraction of sp³-hybridized carbons (Fsp3) is 0.611. The van der Waals surface area contributed by atoms with E-state index in [-0.39, 0.29) is 24.0 Å². The molecule has 0 unspecified atom stereocenters. The first-order valence-electron chi connectivity index (χ1n) is 8.59. The molecule has 0 aromatic heterocycles. The topological polar surface area (TPSA) is 68.9 Å². The van der Waals surface area contributed by atoms with Crippen LogP contribution in [-0.2, 0) is 0 Å². The van der Waals surface area contributed by atoms with Crippen LogP contribution < -0.4 is 20.5 Å². The van der Waals surface area contributed by atoms with E-state index in [0.717, 1.165) is 30.2 Å². The number of nitrogens with one attached hydrogen (secondary N) is 1. The van der Waals surface area contributed by atoms with Crippen molar-refractivity contribution in [2.75, 3.05) is 25.1 Å². The molecule has 2 rings (SSSR count). The smallest absolute Gasteiger partial charge is 0.193 e. The van der Waals surface area contributed by atoms with Crippen molar-refractivity contribution in [1.82, 2.24) is 0 Å². The largest absolute Gasteiger partial charge is 0.494 e. The van der Waals surface area contributed by atoms with Gasteiger partial charge in [0.05, 0.1) is 18.9 Å². The van der Waals surface area contributed by atoms with Crippen LogP contribution in [0.15, 0.2) is 23.2 Å². The van der Waals surface area contributed by atoms with Gasteiger partial charge in [0.1, 0.15) is 11.5 Å². The third kappa shape index (κ3) is 5.43. The van der Waals surface area contributed by atoms with Crippen LogP contribution in [0.2, 0.25) is 0 Å². The highest BCUT2D eigenvalue weighted by Gasteiger charge is 2.34. The summed E-state index contributed by atoms with van der Waals surface area (Å²) in [5.41, 5.74) is 7.23. The Morgan fingerprint density at radius 2 is 1.92 bits per heavy atom. The van der Waals surface area contributed by atoms with Crippen molar-refractivity contribution >= 4 is 35.6 Å². The molecule has 0 heterocycles. The Labute approximate surface area is 162 Å². The molecule has 0 saturated heterocycles. The maximum absolute atomic E-state index is 6.08. The van der Waals surface area contributed by atoms with Gasteiger partial charge in [0.15, 0.2) is 5.96 Å². The molecule has 1 aliphatic carbocycles. The average Bonchev–Trinajstić information content (AvgIpc) is 2.50. The molecule has 0 bridgehead atoms. The number of hydrogen-bond acceptors (Lipinski definition) is 3. The lowest BCUT2D eigenvalue weighted by Gasteiger charge is -2.40. The fourth-order valence-corrected chi connectivity index (χ4v) is 2.88. The quantitative estimate of drug-likeness (QED) is 0.352. The predicted molar refractivity (Wildman–Crippen MR) is 111 cm³/mol. The van der Waals surface area contributed by atoms with Crippen molar-refractivity contribution < 1.29 is 9.47 Å². The van der Waals surface area contributed by atoms with Gasteiger partial charge >= 0.3 is 0 Å². The molecule has 1 fully saturated rings. The van der Waals surface area contributed by atoms with E-state index in [2.05, 4.69) is 17.2 Å². The third-order valence-electron chi connectivity index (χ3n) is 4.57. The lowest BCUT2D eigenvalue weighted by atomic mass is 9.67. The van der Waals surface area contributed by atoms with Gasteiger partial charge < -0.3 is 20.5 Å². The number of hydrogen-bond donors (Lipinski definition) is 2. The second-order valence-electron chi connectivity index (χ2n) is 6.06. The van der Waals surface area contributed by atoms with Gasteiger partial charge in [-0.05, 0) is 50.7 Å². The molecule has 1 aliphatic rings. The highest BCUT2D eigenvalue weighted by Crippen LogP contribution is 2.43. The monoisotopic (exact) mass is 447 g/mol. The van der Waals surface area contributed by atoms with Crippen LogP contribution >= 0.6 is 24.0 Å². The molecule has 0 spiro atoms. The molecule has 6 heteroatoms. The molecule has 24 heavy (non-hydrogen) atoms. The van der Waals surface area contributed by atoms with E-state index in [1.54, 1.807) is 0 Å². The Morgan fingerprint density at radius 3 is 2.46 bits per heavy atom. The van der Waals surface area contributed by atoms with Crippen molar-refractivity contribution in [1.29, 1.82) is 0 Å². The van der Waals surface area contributed by atoms with Gasteiger partial charge in [-0.15, -0.1) is 24.0 Å². The lowest BCUT2D eigenvalue weighted by Crippen LogP contribution is -2.33. The minimum Gasteiger partial charge on any atom is -0.494 e. The number of ether oxygens (including phenoxy) is 2. The fourth-order valence-electron chi connectivity index (χ4n) is 2.88. The first-order chi connectivity index (χ1) is 11.1. The first-order valence-corrected chi connectivity index (χ1v) is 8.59. The Morgan fingerprint density at radius 1 is 1.21 bits per heavy atom. The summed E-state index contributed by atoms with van der Waals surface area (Å²) in [6.07, 6.45) is 4.98. The van der Waals surface area contributed by atoms with Crippen LogP contribution in [0.3, 0.4) is 0 Å². The number of benzene rings is 1. The van der Waals surface area contributed by atoms with E-state index in [0.29, 0.717) is 24.6 Å². The molecule has 5 nitrogen and oxygen atoms in total. The zero-order valence-corrected chi connectivity index (χ0v) is 17.3. The van der Waals surface area contributed by atoms with E-state index in [4.69, 9.17) is 15.2 Å². The number of aliphatic imine (C=N–C) groups is 1. The van der Waals surface area contributed by atoms with Crippen LogP contribution in [0.1, 0.15) is 46.5 Å². The lowest BCUT2D eigenvalue weighted by molar-refractivity contribution is 0.139. The Balaban J connectivity index is 0.00000288. The summed E-state index contributed by atoms with van der Waals surface area (Å²) in [6, 6.07) is 5.69. The molecule has 0 amide bonds. The number of rotatable bonds is 8. The molecule has 1 aromatic carbocycles. The van der Waals surface area contributed by atoms with Gasteiger partial charge in [0, 0.05) is 12.6 Å². The van der Waals surface area contributed by atoms with E-state index in [1.807, 2.05) is 32.0 Å². The number of nitrogens with two attached hydrogens (primary N) is 1. The van der Waals surface area contributed by atoms with Crippen molar-refractivity contribution in [3.8, 4) is 11.5 Å². The van der Waals surface area contributed by atoms with Crippen LogP contribution in [0.5, 0.6) is 11.5 Å². The standard InChI is InChI=1S/C18H29N3O2.HI/c1-4-18(10-7-11-18)13-20-17(19)21-15-12-14(22-5-2)8-9-16(15)23-6-3;/h8-9,12H,4-7,10-11,13H2,1-3H3,(H3,19,20,21);1H. The number of guanidine groups is 1. The number of nitrogens with zero attached hydrogens (tertiary/aromatic N) is 1. The molecule has 0 aliphatic heterocycles. The number of anilines is 1. The maximum Gasteiger partial charge on any atom is 0.193 e. The summed E-state index contributed by atoms with van der Waals surface area (Å²) < 4.78 is 11.2. The summed E-state index contributed by atoms with van der Waals surface area (Å²) in [6.45, 7) is 8.16. The highest BCUT2D eigenvalue weighted by atomic mass is 127. The van der Waals surface area contributed by atoms with E-state index in [9.17, 15) is 0 Å². The summed E-state index contributed by atoms with van der Waals surface area (Å²) in [4.78, 5) is 4.55. The van der Waals surface area contributed by atoms with E-state index < -0.39 is 0 Å². The van der Waals surface area contributed by atoms with Gasteiger partial charge in [-0.25, -0.2) is 0 Å². The van der Waals surface area contributed by atoms with Gasteiger partial charge in [0.25, 0.3) is 0 Å². The third-order valence-corrected chi connectivity index (χ3v) is 4.57. The average molecular weight is 447 g/mol. The van der Waals surface area contributed by atoms with Crippen molar-refractivity contribution in [2.24, 2.45) is 16.1 Å². The van der Waals surface area contributed by atoms with Gasteiger partial charge in [-0.2, -0.15) is 0 Å². The Hall–Kier alpha value is -1.18. The van der Waals surface area contributed by atoms with Crippen molar-refractivity contribution in [2.45, 2.75) is 46.5 Å². The molecular formula is C18H30IN3O2. The SMILES string of the molecule is CCOc1ccc(OCC)c(NC(N)=NCC2(CC)CCC2)c1.I. The zero-order chi connectivity index (χ0) is 16.7. The summed E-state index contributed by atoms with van der Waals surface area (Å²) in [5.74, 6) is 1.97. The Bertz CT molecular complexity index is 540. The molecular weight excluding hydrogens is 417 g/mol. The highest BCUT2D eigenvalue weighted by molar-refractivity contribution is 14.0. The first kappa shape index (κ1) is 20.9. The zero-order valence-electron chi connectivity index (χ0n) is 14.9. The number of halogens is 1. The summed E-state index contributed by atoms with van der Waals surface area (Å²) in [5, 5.41) is 3.16. The molecule has 0 radical (unpaired) electrons. The second-order valence-corrected chi connectivity index (χ2v) is 6.06. The van der Waals surface area contributed by atoms with Gasteiger partial charge in [-0.3, -0.25) is 4.99 Å². The van der Waals surface area contributed by atoms with Crippen LogP contribution in [0, 0.1) is 5.41 Å². The minimum atomic E-state index is 0. The van der Waals surface area contributed by atoms with Crippen LogP contribution in [-0.4, -0.2) is 25.7 Å².